The van der Waals surface area contributed by atoms with Crippen LogP contribution in [0, 0.1) is 23.7 Å². The Labute approximate surface area is 127 Å². The summed E-state index contributed by atoms with van der Waals surface area (Å²) < 4.78 is 6.59. The summed E-state index contributed by atoms with van der Waals surface area (Å²) in [5, 5.41) is 0. The summed E-state index contributed by atoms with van der Waals surface area (Å²) in [5.74, 6) is 2.11. The maximum Gasteiger partial charge on any atom is 0.159 e. The average Bonchev–Trinajstić information content (AvgIpc) is 2.88. The van der Waals surface area contributed by atoms with E-state index in [-0.39, 0.29) is 17.7 Å². The third-order valence-corrected chi connectivity index (χ3v) is 6.73. The molecule has 0 bridgehead atoms. The lowest BCUT2D eigenvalue weighted by atomic mass is 9.69. The van der Waals surface area contributed by atoms with E-state index in [4.69, 9.17) is 4.74 Å². The highest BCUT2D eigenvalue weighted by Gasteiger charge is 2.58. The van der Waals surface area contributed by atoms with E-state index in [0.29, 0.717) is 23.7 Å². The van der Waals surface area contributed by atoms with Gasteiger partial charge in [-0.25, -0.2) is 0 Å². The fraction of sp³-hybridized carbons (Fsp3) is 0.833. The molecule has 0 spiro atoms. The Hall–Kier alpha value is -0.670. The van der Waals surface area contributed by atoms with Crippen LogP contribution in [-0.2, 0) is 9.53 Å². The van der Waals surface area contributed by atoms with Gasteiger partial charge in [0.1, 0.15) is 6.23 Å². The molecular formula is C18H27NO2. The van der Waals surface area contributed by atoms with Crippen molar-refractivity contribution in [1.29, 1.82) is 0 Å². The van der Waals surface area contributed by atoms with E-state index < -0.39 is 0 Å². The van der Waals surface area contributed by atoms with Crippen LogP contribution in [0.4, 0.5) is 0 Å². The second-order valence-electron chi connectivity index (χ2n) is 8.31. The van der Waals surface area contributed by atoms with E-state index in [1.54, 1.807) is 0 Å². The molecule has 0 unspecified atom stereocenters. The Morgan fingerprint density at radius 3 is 2.81 bits per heavy atom. The first-order valence-corrected chi connectivity index (χ1v) is 8.56. The predicted octanol–water partition coefficient (Wildman–Crippen LogP) is 3.00. The molecule has 116 valence electrons. The molecule has 21 heavy (non-hydrogen) atoms. The first-order chi connectivity index (χ1) is 9.89. The largest absolute Gasteiger partial charge is 0.359 e. The Bertz CT molecular complexity index is 509. The minimum atomic E-state index is 0.100. The zero-order valence-corrected chi connectivity index (χ0v) is 13.6. The SMILES string of the molecule is C[C@@H]1CC[C@@H]2[C@@H](C1)O[C@H]1[C@@H]3C(=CC(=O)[C@H]3C)CN1C2(C)C. The van der Waals surface area contributed by atoms with E-state index in [1.165, 1.54) is 24.8 Å². The third-order valence-electron chi connectivity index (χ3n) is 6.73. The second-order valence-corrected chi connectivity index (χ2v) is 8.31. The highest BCUT2D eigenvalue weighted by Crippen LogP contribution is 2.52. The summed E-state index contributed by atoms with van der Waals surface area (Å²) in [7, 11) is 0. The molecule has 0 aromatic rings. The molecule has 0 aromatic carbocycles. The van der Waals surface area contributed by atoms with Crippen molar-refractivity contribution in [2.24, 2.45) is 23.7 Å². The predicted molar refractivity (Wildman–Crippen MR) is 81.7 cm³/mol. The van der Waals surface area contributed by atoms with Gasteiger partial charge in [-0.15, -0.1) is 0 Å². The van der Waals surface area contributed by atoms with Crippen molar-refractivity contribution in [2.75, 3.05) is 6.54 Å². The molecule has 3 fully saturated rings. The van der Waals surface area contributed by atoms with Crippen LogP contribution in [0.3, 0.4) is 0 Å². The van der Waals surface area contributed by atoms with Gasteiger partial charge in [-0.05, 0) is 44.3 Å². The van der Waals surface area contributed by atoms with Crippen LogP contribution in [0.2, 0.25) is 0 Å². The smallest absolute Gasteiger partial charge is 0.159 e. The lowest BCUT2D eigenvalue weighted by Gasteiger charge is -2.56. The van der Waals surface area contributed by atoms with Crippen LogP contribution in [-0.4, -0.2) is 35.1 Å². The first-order valence-electron chi connectivity index (χ1n) is 8.56. The first kappa shape index (κ1) is 14.0. The van der Waals surface area contributed by atoms with Crippen LogP contribution in [0.5, 0.6) is 0 Å². The molecule has 2 aliphatic carbocycles. The van der Waals surface area contributed by atoms with E-state index in [1.807, 2.05) is 6.08 Å². The van der Waals surface area contributed by atoms with Crippen molar-refractivity contribution < 1.29 is 9.53 Å². The quantitative estimate of drug-likeness (QED) is 0.686. The Kier molecular flexibility index (Phi) is 2.94. The van der Waals surface area contributed by atoms with Gasteiger partial charge in [0.15, 0.2) is 5.78 Å². The molecule has 0 N–H and O–H groups in total. The highest BCUT2D eigenvalue weighted by atomic mass is 16.5. The Morgan fingerprint density at radius 1 is 1.29 bits per heavy atom. The van der Waals surface area contributed by atoms with Crippen molar-refractivity contribution in [3.8, 4) is 0 Å². The number of hydrogen-bond acceptors (Lipinski definition) is 3. The molecule has 3 nitrogen and oxygen atoms in total. The zero-order valence-electron chi connectivity index (χ0n) is 13.6. The zero-order chi connectivity index (χ0) is 14.9. The fourth-order valence-corrected chi connectivity index (χ4v) is 5.34. The van der Waals surface area contributed by atoms with Crippen LogP contribution < -0.4 is 0 Å². The molecule has 4 aliphatic rings. The molecule has 3 heteroatoms. The van der Waals surface area contributed by atoms with Gasteiger partial charge in [0.25, 0.3) is 0 Å². The van der Waals surface area contributed by atoms with Crippen molar-refractivity contribution in [1.82, 2.24) is 4.90 Å². The van der Waals surface area contributed by atoms with E-state index in [9.17, 15) is 4.79 Å². The topological polar surface area (TPSA) is 29.5 Å². The monoisotopic (exact) mass is 289 g/mol. The normalized spacial score (nSPS) is 48.6. The number of hydrogen-bond donors (Lipinski definition) is 0. The van der Waals surface area contributed by atoms with E-state index in [0.717, 1.165) is 12.5 Å². The molecule has 0 aromatic heterocycles. The van der Waals surface area contributed by atoms with Gasteiger partial charge in [-0.2, -0.15) is 0 Å². The molecular weight excluding hydrogens is 262 g/mol. The van der Waals surface area contributed by atoms with Gasteiger partial charge in [-0.1, -0.05) is 20.3 Å². The maximum atomic E-state index is 12.0. The summed E-state index contributed by atoms with van der Waals surface area (Å²) >= 11 is 0. The van der Waals surface area contributed by atoms with Gasteiger partial charge >= 0.3 is 0 Å². The van der Waals surface area contributed by atoms with Gasteiger partial charge in [-0.3, -0.25) is 9.69 Å². The van der Waals surface area contributed by atoms with Crippen molar-refractivity contribution in [2.45, 2.75) is 64.8 Å². The van der Waals surface area contributed by atoms with Crippen LogP contribution in [0.1, 0.15) is 47.0 Å². The molecule has 1 saturated carbocycles. The van der Waals surface area contributed by atoms with Crippen molar-refractivity contribution >= 4 is 5.78 Å². The lowest BCUT2D eigenvalue weighted by molar-refractivity contribution is -0.231. The summed E-state index contributed by atoms with van der Waals surface area (Å²) in [6.45, 7) is 10.1. The molecule has 4 rings (SSSR count). The highest BCUT2D eigenvalue weighted by molar-refractivity contribution is 5.95. The lowest BCUT2D eigenvalue weighted by Crippen LogP contribution is -2.63. The van der Waals surface area contributed by atoms with E-state index >= 15 is 0 Å². The van der Waals surface area contributed by atoms with E-state index in [2.05, 4.69) is 32.6 Å². The van der Waals surface area contributed by atoms with Gasteiger partial charge in [0.05, 0.1) is 6.10 Å². The number of ketones is 1. The van der Waals surface area contributed by atoms with Gasteiger partial charge in [0, 0.05) is 29.8 Å². The number of rotatable bonds is 0. The molecule has 6 atom stereocenters. The summed E-state index contributed by atoms with van der Waals surface area (Å²) in [6, 6.07) is 0. The average molecular weight is 289 g/mol. The van der Waals surface area contributed by atoms with Crippen LogP contribution in [0.15, 0.2) is 11.6 Å². The number of carbonyl (C=O) groups excluding carboxylic acids is 1. The Balaban J connectivity index is 1.69. The number of carbonyl (C=O) groups is 1. The summed E-state index contributed by atoms with van der Waals surface area (Å²) in [4.78, 5) is 14.6. The fourth-order valence-electron chi connectivity index (χ4n) is 5.34. The second kappa shape index (κ2) is 4.42. The number of allylic oxidation sites excluding steroid dienone is 1. The Morgan fingerprint density at radius 2 is 2.05 bits per heavy atom. The molecule has 2 heterocycles. The molecule has 2 saturated heterocycles. The van der Waals surface area contributed by atoms with Gasteiger partial charge in [0.2, 0.25) is 0 Å². The third kappa shape index (κ3) is 1.83. The maximum absolute atomic E-state index is 12.0. The standard InChI is InChI=1S/C18H27NO2/c1-10-5-6-13-15(7-10)21-17-16-11(2)14(20)8-12(16)9-19(17)18(13,3)4/h8,10-11,13,15-17H,5-7,9H2,1-4H3/t10-,11-,13-,15-,16+,17+/m1/s1. The van der Waals surface area contributed by atoms with Crippen LogP contribution in [0.25, 0.3) is 0 Å². The molecule has 2 aliphatic heterocycles. The number of ether oxygens (including phenoxy) is 1. The summed E-state index contributed by atoms with van der Waals surface area (Å²) in [6.07, 6.45) is 6.20. The minimum Gasteiger partial charge on any atom is -0.359 e. The van der Waals surface area contributed by atoms with Gasteiger partial charge < -0.3 is 4.74 Å². The minimum absolute atomic E-state index is 0.100. The number of nitrogens with zero attached hydrogens (tertiary/aromatic N) is 1. The van der Waals surface area contributed by atoms with Crippen molar-refractivity contribution in [3.05, 3.63) is 11.6 Å². The molecule has 0 radical (unpaired) electrons. The summed E-state index contributed by atoms with van der Waals surface area (Å²) in [5.41, 5.74) is 1.50. The van der Waals surface area contributed by atoms with Crippen LogP contribution >= 0.6 is 0 Å². The molecule has 0 amide bonds. The number of fused-ring (bicyclic) bond motifs is 4. The van der Waals surface area contributed by atoms with Crippen molar-refractivity contribution in [3.63, 3.8) is 0 Å².